The molecule has 0 atom stereocenters. The summed E-state index contributed by atoms with van der Waals surface area (Å²) >= 11 is 0. The summed E-state index contributed by atoms with van der Waals surface area (Å²) in [5.41, 5.74) is 0. The van der Waals surface area contributed by atoms with E-state index in [9.17, 15) is 0 Å². The van der Waals surface area contributed by atoms with Gasteiger partial charge in [-0.3, -0.25) is 0 Å². The standard InChI is InChI=1S/C12H9O.H2O/c1-3-7-11(8-4-1)13-12-9-5-2-6-10-12;/h1,3-10H;1H2. The molecule has 14 heavy (non-hydrogen) atoms. The first kappa shape index (κ1) is 10.3. The lowest BCUT2D eigenvalue weighted by atomic mass is 10.3. The molecule has 2 N–H and O–H groups in total. The largest absolute Gasteiger partial charge is 0.457 e. The van der Waals surface area contributed by atoms with Crippen LogP contribution in [0.3, 0.4) is 0 Å². The van der Waals surface area contributed by atoms with Gasteiger partial charge in [-0.05, 0) is 30.3 Å². The van der Waals surface area contributed by atoms with E-state index in [-0.39, 0.29) is 5.48 Å². The predicted octanol–water partition coefficient (Wildman–Crippen LogP) is 2.45. The molecule has 0 saturated heterocycles. The molecular weight excluding hydrogens is 176 g/mol. The molecule has 0 saturated carbocycles. The van der Waals surface area contributed by atoms with E-state index < -0.39 is 0 Å². The molecule has 0 spiro atoms. The number of para-hydroxylation sites is 1. The van der Waals surface area contributed by atoms with E-state index in [4.69, 9.17) is 4.74 Å². The number of hydrogen-bond acceptors (Lipinski definition) is 1. The van der Waals surface area contributed by atoms with Crippen molar-refractivity contribution in [1.29, 1.82) is 0 Å². The fourth-order valence-electron chi connectivity index (χ4n) is 1.06. The molecular formula is C12H11O2. The lowest BCUT2D eigenvalue weighted by molar-refractivity contribution is 0.482. The van der Waals surface area contributed by atoms with E-state index in [1.807, 2.05) is 54.6 Å². The molecule has 0 aliphatic rings. The summed E-state index contributed by atoms with van der Waals surface area (Å²) in [6, 6.07) is 20.1. The van der Waals surface area contributed by atoms with Crippen molar-refractivity contribution in [2.24, 2.45) is 0 Å². The van der Waals surface area contributed by atoms with E-state index in [2.05, 4.69) is 6.07 Å². The third-order valence-corrected chi connectivity index (χ3v) is 1.67. The fourth-order valence-corrected chi connectivity index (χ4v) is 1.06. The zero-order valence-corrected chi connectivity index (χ0v) is 7.60. The maximum absolute atomic E-state index is 5.56. The van der Waals surface area contributed by atoms with Crippen LogP contribution >= 0.6 is 0 Å². The van der Waals surface area contributed by atoms with Crippen molar-refractivity contribution in [3.8, 4) is 11.5 Å². The lowest BCUT2D eigenvalue weighted by Gasteiger charge is -2.03. The van der Waals surface area contributed by atoms with Gasteiger partial charge in [0.25, 0.3) is 0 Å². The molecule has 2 rings (SSSR count). The van der Waals surface area contributed by atoms with Crippen LogP contribution in [0, 0.1) is 6.07 Å². The van der Waals surface area contributed by atoms with Gasteiger partial charge in [0.1, 0.15) is 11.5 Å². The molecule has 2 heteroatoms. The summed E-state index contributed by atoms with van der Waals surface area (Å²) < 4.78 is 5.56. The van der Waals surface area contributed by atoms with Crippen LogP contribution in [-0.2, 0) is 0 Å². The van der Waals surface area contributed by atoms with Crippen molar-refractivity contribution in [3.05, 3.63) is 60.7 Å². The summed E-state index contributed by atoms with van der Waals surface area (Å²) in [5.74, 6) is 1.69. The highest BCUT2D eigenvalue weighted by atomic mass is 16.5. The Morgan fingerprint density at radius 1 is 0.786 bits per heavy atom. The van der Waals surface area contributed by atoms with Crippen molar-refractivity contribution in [1.82, 2.24) is 0 Å². The molecule has 1 radical (unpaired) electrons. The number of hydrogen-bond donors (Lipinski definition) is 0. The molecule has 2 nitrogen and oxygen atoms in total. The van der Waals surface area contributed by atoms with E-state index in [0.29, 0.717) is 0 Å². The van der Waals surface area contributed by atoms with Gasteiger partial charge in [-0.25, -0.2) is 0 Å². The van der Waals surface area contributed by atoms with Crippen LogP contribution in [0.2, 0.25) is 0 Å². The van der Waals surface area contributed by atoms with E-state index in [1.165, 1.54) is 0 Å². The second kappa shape index (κ2) is 5.04. The molecule has 2 aromatic rings. The predicted molar refractivity (Wildman–Crippen MR) is 55.4 cm³/mol. The van der Waals surface area contributed by atoms with Crippen molar-refractivity contribution >= 4 is 0 Å². The van der Waals surface area contributed by atoms with Gasteiger partial charge in [-0.1, -0.05) is 30.3 Å². The smallest absolute Gasteiger partial charge is 0.127 e. The molecule has 0 bridgehead atoms. The Labute approximate surface area is 83.1 Å². The maximum atomic E-state index is 5.56. The van der Waals surface area contributed by atoms with Gasteiger partial charge in [-0.15, -0.1) is 0 Å². The van der Waals surface area contributed by atoms with Gasteiger partial charge in [0.15, 0.2) is 0 Å². The highest BCUT2D eigenvalue weighted by molar-refractivity contribution is 5.29. The summed E-state index contributed by atoms with van der Waals surface area (Å²) in [6.07, 6.45) is 0. The average molecular weight is 187 g/mol. The highest BCUT2D eigenvalue weighted by Crippen LogP contribution is 2.19. The summed E-state index contributed by atoms with van der Waals surface area (Å²) in [5, 5.41) is 0. The molecule has 0 amide bonds. The van der Waals surface area contributed by atoms with Gasteiger partial charge in [-0.2, -0.15) is 0 Å². The van der Waals surface area contributed by atoms with Crippen LogP contribution in [0.25, 0.3) is 0 Å². The second-order valence-corrected chi connectivity index (χ2v) is 2.65. The van der Waals surface area contributed by atoms with E-state index >= 15 is 0 Å². The van der Waals surface area contributed by atoms with Gasteiger partial charge >= 0.3 is 0 Å². The topological polar surface area (TPSA) is 40.7 Å². The van der Waals surface area contributed by atoms with Gasteiger partial charge in [0.2, 0.25) is 0 Å². The highest BCUT2D eigenvalue weighted by Gasteiger charge is 1.92. The molecule has 0 aromatic heterocycles. The van der Waals surface area contributed by atoms with E-state index in [1.54, 1.807) is 0 Å². The van der Waals surface area contributed by atoms with Crippen molar-refractivity contribution in [3.63, 3.8) is 0 Å². The van der Waals surface area contributed by atoms with Crippen molar-refractivity contribution in [2.45, 2.75) is 0 Å². The summed E-state index contributed by atoms with van der Waals surface area (Å²) in [6.45, 7) is 0. The third kappa shape index (κ3) is 2.61. The monoisotopic (exact) mass is 187 g/mol. The lowest BCUT2D eigenvalue weighted by Crippen LogP contribution is -1.81. The van der Waals surface area contributed by atoms with Crippen LogP contribution in [-0.4, -0.2) is 5.48 Å². The number of rotatable bonds is 2. The first-order valence-electron chi connectivity index (χ1n) is 4.14. The summed E-state index contributed by atoms with van der Waals surface area (Å²) in [4.78, 5) is 0. The molecule has 0 aliphatic heterocycles. The maximum Gasteiger partial charge on any atom is 0.127 e. The molecule has 0 unspecified atom stereocenters. The Morgan fingerprint density at radius 2 is 1.36 bits per heavy atom. The Bertz CT molecular complexity index is 319. The Morgan fingerprint density at radius 3 is 2.00 bits per heavy atom. The van der Waals surface area contributed by atoms with Gasteiger partial charge in [0, 0.05) is 0 Å². The minimum atomic E-state index is 0. The minimum absolute atomic E-state index is 0. The molecule has 0 fully saturated rings. The number of benzene rings is 2. The minimum Gasteiger partial charge on any atom is -0.457 e. The first-order valence-corrected chi connectivity index (χ1v) is 4.14. The van der Waals surface area contributed by atoms with Crippen LogP contribution in [0.1, 0.15) is 0 Å². The van der Waals surface area contributed by atoms with E-state index in [0.717, 1.165) is 11.5 Å². The Kier molecular flexibility index (Phi) is 3.70. The molecule has 0 heterocycles. The zero-order valence-electron chi connectivity index (χ0n) is 7.60. The number of ether oxygens (including phenoxy) is 1. The second-order valence-electron chi connectivity index (χ2n) is 2.65. The molecule has 0 aliphatic carbocycles. The molecule has 2 aromatic carbocycles. The van der Waals surface area contributed by atoms with Crippen LogP contribution in [0.5, 0.6) is 11.5 Å². The van der Waals surface area contributed by atoms with Crippen LogP contribution in [0.15, 0.2) is 54.6 Å². The Balaban J connectivity index is 0.000000980. The summed E-state index contributed by atoms with van der Waals surface area (Å²) in [7, 11) is 0. The van der Waals surface area contributed by atoms with Gasteiger partial charge in [0.05, 0.1) is 0 Å². The zero-order chi connectivity index (χ0) is 8.93. The quantitative estimate of drug-likeness (QED) is 0.711. The average Bonchev–Trinajstić information content (AvgIpc) is 2.21. The molecule has 71 valence electrons. The van der Waals surface area contributed by atoms with Crippen molar-refractivity contribution < 1.29 is 10.2 Å². The Hall–Kier alpha value is -1.80. The van der Waals surface area contributed by atoms with Crippen molar-refractivity contribution in [2.75, 3.05) is 0 Å². The first-order chi connectivity index (χ1) is 6.45. The normalized spacial score (nSPS) is 8.86. The SMILES string of the molecule is O.[c]1ccc(Oc2ccccc2)cc1. The third-order valence-electron chi connectivity index (χ3n) is 1.67. The fraction of sp³-hybridized carbons (Fsp3) is 0. The van der Waals surface area contributed by atoms with Crippen LogP contribution < -0.4 is 4.74 Å². The van der Waals surface area contributed by atoms with Crippen LogP contribution in [0.4, 0.5) is 0 Å². The van der Waals surface area contributed by atoms with Gasteiger partial charge < -0.3 is 10.2 Å².